The van der Waals surface area contributed by atoms with E-state index >= 15 is 0 Å². The third-order valence-corrected chi connectivity index (χ3v) is 9.98. The Hall–Kier alpha value is -0.830. The van der Waals surface area contributed by atoms with E-state index in [-0.39, 0.29) is 43.9 Å². The standard InChI is InChI=1S/C28H42F2O6/c29-28(30)7-8-32-24(35-17-28)22-12-20-5-2-6-27(13-20,14-22)26(31)34-16-23-15-33-25(36-23)21-10-18-3-1-4-19(9-18)11-21/h18-25H,1-17H2. The van der Waals surface area contributed by atoms with Crippen LogP contribution in [-0.2, 0) is 28.5 Å². The zero-order valence-electron chi connectivity index (χ0n) is 21.3. The number of alkyl halides is 2. The van der Waals surface area contributed by atoms with Crippen molar-refractivity contribution in [2.24, 2.45) is 35.0 Å². The van der Waals surface area contributed by atoms with E-state index in [1.54, 1.807) is 0 Å². The number of esters is 1. The number of ether oxygens (including phenoxy) is 5. The molecule has 0 radical (unpaired) electrons. The number of hydrogen-bond donors (Lipinski definition) is 0. The van der Waals surface area contributed by atoms with Gasteiger partial charge in [-0.15, -0.1) is 0 Å². The molecule has 0 spiro atoms. The number of hydrogen-bond acceptors (Lipinski definition) is 6. The molecule has 4 bridgehead atoms. The number of fused-ring (bicyclic) bond motifs is 4. The molecule has 6 fully saturated rings. The van der Waals surface area contributed by atoms with E-state index in [0.29, 0.717) is 24.9 Å². The molecule has 0 aromatic carbocycles. The average Bonchev–Trinajstić information content (AvgIpc) is 3.25. The summed E-state index contributed by atoms with van der Waals surface area (Å²) in [6.45, 7) is 0.0620. The first kappa shape index (κ1) is 25.4. The van der Waals surface area contributed by atoms with Crippen molar-refractivity contribution in [3.05, 3.63) is 0 Å². The Morgan fingerprint density at radius 2 is 1.61 bits per heavy atom. The third-order valence-electron chi connectivity index (χ3n) is 9.98. The molecule has 204 valence electrons. The highest BCUT2D eigenvalue weighted by atomic mass is 19.3. The summed E-state index contributed by atoms with van der Waals surface area (Å²) in [7, 11) is 0. The van der Waals surface area contributed by atoms with Crippen LogP contribution in [0.1, 0.15) is 83.5 Å². The monoisotopic (exact) mass is 512 g/mol. The summed E-state index contributed by atoms with van der Waals surface area (Å²) in [4.78, 5) is 13.5. The van der Waals surface area contributed by atoms with Gasteiger partial charge in [-0.25, -0.2) is 8.78 Å². The van der Waals surface area contributed by atoms with Crippen molar-refractivity contribution < 1.29 is 37.3 Å². The van der Waals surface area contributed by atoms with Gasteiger partial charge in [0.25, 0.3) is 5.92 Å². The fourth-order valence-corrected chi connectivity index (χ4v) is 8.41. The lowest BCUT2D eigenvalue weighted by Crippen LogP contribution is -2.47. The number of carbonyl (C=O) groups is 1. The van der Waals surface area contributed by atoms with E-state index in [4.69, 9.17) is 23.7 Å². The minimum atomic E-state index is -2.85. The molecular weight excluding hydrogens is 470 g/mol. The first-order chi connectivity index (χ1) is 17.4. The zero-order valence-corrected chi connectivity index (χ0v) is 21.3. The summed E-state index contributed by atoms with van der Waals surface area (Å²) in [6.07, 6.45) is 11.5. The number of carbonyl (C=O) groups excluding carboxylic acids is 1. The van der Waals surface area contributed by atoms with Gasteiger partial charge in [0.2, 0.25) is 0 Å². The van der Waals surface area contributed by atoms with Crippen LogP contribution < -0.4 is 0 Å². The van der Waals surface area contributed by atoms with Crippen LogP contribution in [0.25, 0.3) is 0 Å². The highest BCUT2D eigenvalue weighted by Crippen LogP contribution is 2.53. The van der Waals surface area contributed by atoms with E-state index in [9.17, 15) is 13.6 Å². The SMILES string of the molecule is O=C(OCC1COC(C2CC3CCCC(C3)C2)O1)C12CCCC(CC(C3OCCC(F)(F)CO3)C1)C2. The van der Waals surface area contributed by atoms with E-state index in [1.807, 2.05) is 0 Å². The summed E-state index contributed by atoms with van der Waals surface area (Å²) in [5.74, 6) is -0.621. The van der Waals surface area contributed by atoms with Gasteiger partial charge in [0.05, 0.1) is 18.6 Å². The fourth-order valence-electron chi connectivity index (χ4n) is 8.41. The van der Waals surface area contributed by atoms with Crippen molar-refractivity contribution >= 4 is 5.97 Å². The maximum absolute atomic E-state index is 13.8. The quantitative estimate of drug-likeness (QED) is 0.455. The predicted molar refractivity (Wildman–Crippen MR) is 126 cm³/mol. The van der Waals surface area contributed by atoms with Crippen LogP contribution in [0.3, 0.4) is 0 Å². The topological polar surface area (TPSA) is 63.2 Å². The Balaban J connectivity index is 1.03. The lowest BCUT2D eigenvalue weighted by molar-refractivity contribution is -0.200. The third kappa shape index (κ3) is 5.48. The molecule has 4 aliphatic carbocycles. The molecule has 36 heavy (non-hydrogen) atoms. The van der Waals surface area contributed by atoms with Crippen molar-refractivity contribution in [2.45, 2.75) is 108 Å². The lowest BCUT2D eigenvalue weighted by atomic mass is 9.58. The highest BCUT2D eigenvalue weighted by Gasteiger charge is 2.52. The van der Waals surface area contributed by atoms with Crippen molar-refractivity contribution in [1.29, 1.82) is 0 Å². The summed E-state index contributed by atoms with van der Waals surface area (Å²) in [5.41, 5.74) is -0.576. The smallest absolute Gasteiger partial charge is 0.312 e. The van der Waals surface area contributed by atoms with E-state index in [1.165, 1.54) is 38.5 Å². The summed E-state index contributed by atoms with van der Waals surface area (Å²) in [5, 5.41) is 0. The van der Waals surface area contributed by atoms with Gasteiger partial charge >= 0.3 is 5.97 Å². The number of halogens is 2. The van der Waals surface area contributed by atoms with Crippen molar-refractivity contribution in [3.8, 4) is 0 Å². The molecule has 8 heteroatoms. The van der Waals surface area contributed by atoms with Crippen LogP contribution in [0.4, 0.5) is 8.78 Å². The van der Waals surface area contributed by atoms with E-state index < -0.39 is 24.2 Å². The second kappa shape index (κ2) is 10.4. The van der Waals surface area contributed by atoms with Crippen molar-refractivity contribution in [3.63, 3.8) is 0 Å². The molecule has 8 unspecified atom stereocenters. The minimum Gasteiger partial charge on any atom is -0.462 e. The molecule has 0 aromatic heterocycles. The van der Waals surface area contributed by atoms with Gasteiger partial charge in [-0.2, -0.15) is 0 Å². The van der Waals surface area contributed by atoms with Gasteiger partial charge in [-0.05, 0) is 62.7 Å². The first-order valence-corrected chi connectivity index (χ1v) is 14.4. The Kier molecular flexibility index (Phi) is 7.34. The molecule has 0 N–H and O–H groups in total. The molecule has 6 rings (SSSR count). The van der Waals surface area contributed by atoms with Crippen LogP contribution in [0.15, 0.2) is 0 Å². The average molecular weight is 513 g/mol. The van der Waals surface area contributed by atoms with Crippen LogP contribution in [-0.4, -0.2) is 57.0 Å². The first-order valence-electron chi connectivity index (χ1n) is 14.4. The number of rotatable bonds is 5. The van der Waals surface area contributed by atoms with Crippen molar-refractivity contribution in [2.75, 3.05) is 26.4 Å². The van der Waals surface area contributed by atoms with Crippen LogP contribution in [0.5, 0.6) is 0 Å². The predicted octanol–water partition coefficient (Wildman–Crippen LogP) is 5.47. The van der Waals surface area contributed by atoms with Gasteiger partial charge in [-0.3, -0.25) is 4.79 Å². The molecule has 8 atom stereocenters. The molecule has 6 nitrogen and oxygen atoms in total. The largest absolute Gasteiger partial charge is 0.462 e. The molecule has 2 heterocycles. The van der Waals surface area contributed by atoms with Crippen LogP contribution in [0, 0.1) is 35.0 Å². The van der Waals surface area contributed by atoms with E-state index in [0.717, 1.165) is 43.9 Å². The maximum Gasteiger partial charge on any atom is 0.312 e. The summed E-state index contributed by atoms with van der Waals surface area (Å²) < 4.78 is 57.0. The fraction of sp³-hybridized carbons (Fsp3) is 0.964. The Morgan fingerprint density at radius 3 is 2.44 bits per heavy atom. The second-order valence-electron chi connectivity index (χ2n) is 12.8. The van der Waals surface area contributed by atoms with Gasteiger partial charge in [0, 0.05) is 18.3 Å². The lowest BCUT2D eigenvalue weighted by Gasteiger charge is -2.47. The molecule has 2 aliphatic heterocycles. The second-order valence-corrected chi connectivity index (χ2v) is 12.8. The van der Waals surface area contributed by atoms with Crippen LogP contribution in [0.2, 0.25) is 0 Å². The molecule has 4 saturated carbocycles. The Morgan fingerprint density at radius 1 is 0.833 bits per heavy atom. The van der Waals surface area contributed by atoms with E-state index in [2.05, 4.69) is 0 Å². The summed E-state index contributed by atoms with van der Waals surface area (Å²) in [6, 6.07) is 0. The maximum atomic E-state index is 13.8. The Labute approximate surface area is 213 Å². The zero-order chi connectivity index (χ0) is 24.8. The Bertz CT molecular complexity index is 782. The molecule has 2 saturated heterocycles. The van der Waals surface area contributed by atoms with Crippen molar-refractivity contribution in [1.82, 2.24) is 0 Å². The highest BCUT2D eigenvalue weighted by molar-refractivity contribution is 5.77. The van der Waals surface area contributed by atoms with Gasteiger partial charge in [0.15, 0.2) is 12.6 Å². The molecule has 0 amide bonds. The molecule has 6 aliphatic rings. The molecular formula is C28H42F2O6. The van der Waals surface area contributed by atoms with Gasteiger partial charge < -0.3 is 23.7 Å². The minimum absolute atomic E-state index is 0.0149. The normalized spacial score (nSPS) is 46.6. The van der Waals surface area contributed by atoms with Gasteiger partial charge in [0.1, 0.15) is 19.3 Å². The summed E-state index contributed by atoms with van der Waals surface area (Å²) >= 11 is 0. The molecule has 0 aromatic rings. The van der Waals surface area contributed by atoms with Crippen LogP contribution >= 0.6 is 0 Å². The van der Waals surface area contributed by atoms with Gasteiger partial charge in [-0.1, -0.05) is 32.1 Å².